The summed E-state index contributed by atoms with van der Waals surface area (Å²) in [6, 6.07) is 0. The molecular formula is C6H2Cl12. The largest absolute Gasteiger partial charge is 0.189 e. The smallest absolute Gasteiger partial charge is 0.102 e. The Hall–Kier alpha value is 3.48. The third-order valence-electron chi connectivity index (χ3n) is 1.78. The average Bonchev–Trinajstić information content (AvgIpc) is 2.15. The molecule has 0 aliphatic carbocycles. The minimum absolute atomic E-state index is 1.47. The summed E-state index contributed by atoms with van der Waals surface area (Å²) in [5.41, 5.74) is 0. The summed E-state index contributed by atoms with van der Waals surface area (Å²) < 4.78 is -9.27. The van der Waals surface area contributed by atoms with Gasteiger partial charge in [0.15, 0.2) is 17.3 Å². The Bertz CT molecular complexity index is 261. The van der Waals surface area contributed by atoms with Gasteiger partial charge in [-0.1, -0.05) is 92.8 Å². The van der Waals surface area contributed by atoms with Gasteiger partial charge in [-0.15, -0.1) is 46.4 Å². The van der Waals surface area contributed by atoms with Crippen molar-refractivity contribution in [2.45, 2.75) is 27.0 Å². The molecule has 0 saturated carbocycles. The van der Waals surface area contributed by atoms with Crippen LogP contribution in [0.4, 0.5) is 0 Å². The van der Waals surface area contributed by atoms with Gasteiger partial charge in [-0.05, 0) is 0 Å². The highest BCUT2D eigenvalue weighted by molar-refractivity contribution is 6.77. The van der Waals surface area contributed by atoms with Crippen molar-refractivity contribution in [3.05, 3.63) is 0 Å². The molecule has 0 bridgehead atoms. The van der Waals surface area contributed by atoms with Crippen LogP contribution in [0.5, 0.6) is 0 Å². The van der Waals surface area contributed by atoms with E-state index < -0.39 is 27.0 Å². The Kier molecular flexibility index (Phi) is 8.27. The molecule has 0 aromatic carbocycles. The van der Waals surface area contributed by atoms with Crippen LogP contribution in [-0.2, 0) is 0 Å². The van der Waals surface area contributed by atoms with Crippen molar-refractivity contribution in [1.82, 2.24) is 0 Å². The van der Waals surface area contributed by atoms with Gasteiger partial charge in [-0.25, -0.2) is 0 Å². The highest BCUT2D eigenvalue weighted by Gasteiger charge is 2.71. The van der Waals surface area contributed by atoms with Crippen molar-refractivity contribution in [1.29, 1.82) is 0 Å². The monoisotopic (exact) mass is 494 g/mol. The summed E-state index contributed by atoms with van der Waals surface area (Å²) in [5, 5.41) is 0. The van der Waals surface area contributed by atoms with E-state index in [2.05, 4.69) is 0 Å². The van der Waals surface area contributed by atoms with Crippen LogP contribution in [0.15, 0.2) is 0 Å². The van der Waals surface area contributed by atoms with Crippen molar-refractivity contribution in [3.8, 4) is 0 Å². The Morgan fingerprint density at radius 2 is 0.611 bits per heavy atom. The second-order valence-electron chi connectivity index (χ2n) is 3.00. The Labute approximate surface area is 164 Å². The highest BCUT2D eigenvalue weighted by Crippen LogP contribution is 2.64. The summed E-state index contributed by atoms with van der Waals surface area (Å²) in [4.78, 5) is -2.94. The molecule has 0 atom stereocenters. The lowest BCUT2D eigenvalue weighted by Gasteiger charge is -2.46. The van der Waals surface area contributed by atoms with E-state index in [1.165, 1.54) is 0 Å². The summed E-state index contributed by atoms with van der Waals surface area (Å²) >= 11 is 69.2. The van der Waals surface area contributed by atoms with Crippen LogP contribution in [0.3, 0.4) is 0 Å². The predicted octanol–water partition coefficient (Wildman–Crippen LogP) is 7.29. The van der Waals surface area contributed by atoms with Gasteiger partial charge < -0.3 is 0 Å². The molecule has 12 heteroatoms. The lowest BCUT2D eigenvalue weighted by Crippen LogP contribution is -2.61. The van der Waals surface area contributed by atoms with Crippen molar-refractivity contribution in [3.63, 3.8) is 0 Å². The fourth-order valence-corrected chi connectivity index (χ4v) is 3.78. The van der Waals surface area contributed by atoms with Gasteiger partial charge in [-0.3, -0.25) is 0 Å². The van der Waals surface area contributed by atoms with Gasteiger partial charge in [-0.2, -0.15) is 0 Å². The van der Waals surface area contributed by atoms with Crippen LogP contribution in [0.25, 0.3) is 0 Å². The van der Waals surface area contributed by atoms with E-state index >= 15 is 0 Å². The first-order chi connectivity index (χ1) is 7.64. The summed E-state index contributed by atoms with van der Waals surface area (Å²) in [6.07, 6.45) is 0. The summed E-state index contributed by atoms with van der Waals surface area (Å²) in [5.74, 6) is 0. The average molecular weight is 500 g/mol. The molecule has 0 rings (SSSR count). The number of halogens is 12. The van der Waals surface area contributed by atoms with Gasteiger partial charge in [0.1, 0.15) is 9.67 Å². The first-order valence-corrected chi connectivity index (χ1v) is 8.48. The van der Waals surface area contributed by atoms with Gasteiger partial charge in [0.05, 0.1) is 0 Å². The van der Waals surface area contributed by atoms with Gasteiger partial charge >= 0.3 is 0 Å². The molecule has 18 heavy (non-hydrogen) atoms. The van der Waals surface area contributed by atoms with Crippen LogP contribution < -0.4 is 0 Å². The van der Waals surface area contributed by atoms with E-state index in [-0.39, 0.29) is 0 Å². The lowest BCUT2D eigenvalue weighted by atomic mass is 10.1. The minimum atomic E-state index is -2.41. The molecule has 0 aromatic heterocycles. The third-order valence-corrected chi connectivity index (χ3v) is 9.48. The standard InChI is InChI=1S/C6H2Cl12/c7-1(8)3(11,12)5(15,16)6(17,18)4(13,14)2(9)10/h1-2H. The number of rotatable bonds is 5. The van der Waals surface area contributed by atoms with Crippen molar-refractivity contribution in [2.24, 2.45) is 0 Å². The molecule has 0 fully saturated rings. The molecule has 110 valence electrons. The van der Waals surface area contributed by atoms with E-state index in [0.29, 0.717) is 0 Å². The second kappa shape index (κ2) is 6.93. The van der Waals surface area contributed by atoms with Crippen molar-refractivity contribution < 1.29 is 0 Å². The zero-order chi connectivity index (χ0) is 15.2. The first-order valence-electron chi connectivity index (χ1n) is 3.71. The van der Waals surface area contributed by atoms with Gasteiger partial charge in [0.25, 0.3) is 0 Å². The van der Waals surface area contributed by atoms with Crippen molar-refractivity contribution in [2.75, 3.05) is 0 Å². The quantitative estimate of drug-likeness (QED) is 0.349. The Morgan fingerprint density at radius 1 is 0.444 bits per heavy atom. The zero-order valence-corrected chi connectivity index (χ0v) is 16.8. The van der Waals surface area contributed by atoms with Crippen LogP contribution in [0.2, 0.25) is 0 Å². The maximum atomic E-state index is 5.93. The lowest BCUT2D eigenvalue weighted by molar-refractivity contribution is 0.553. The molecule has 0 saturated heterocycles. The van der Waals surface area contributed by atoms with Crippen molar-refractivity contribution >= 4 is 139 Å². The van der Waals surface area contributed by atoms with Crippen LogP contribution in [0.1, 0.15) is 0 Å². The van der Waals surface area contributed by atoms with Crippen LogP contribution >= 0.6 is 139 Å². The van der Waals surface area contributed by atoms with Crippen LogP contribution in [-0.4, -0.2) is 27.0 Å². The topological polar surface area (TPSA) is 0 Å². The molecule has 0 N–H and O–H groups in total. The molecular weight excluding hydrogens is 498 g/mol. The fraction of sp³-hybridized carbons (Fsp3) is 1.00. The van der Waals surface area contributed by atoms with E-state index in [4.69, 9.17) is 139 Å². The molecule has 0 amide bonds. The molecule has 0 heterocycles. The Morgan fingerprint density at radius 3 is 0.722 bits per heavy atom. The molecule has 0 aromatic rings. The predicted molar refractivity (Wildman–Crippen MR) is 88.7 cm³/mol. The minimum Gasteiger partial charge on any atom is -0.102 e. The van der Waals surface area contributed by atoms with E-state index in [9.17, 15) is 0 Å². The first kappa shape index (κ1) is 21.5. The fourth-order valence-electron chi connectivity index (χ4n) is 0.693. The molecule has 0 aliphatic heterocycles. The Balaban J connectivity index is 5.74. The number of hydrogen-bond acceptors (Lipinski definition) is 0. The molecule has 0 radical (unpaired) electrons. The molecule has 0 aliphatic rings. The molecule has 0 unspecified atom stereocenters. The third kappa shape index (κ3) is 3.69. The van der Waals surface area contributed by atoms with Crippen LogP contribution in [0, 0.1) is 0 Å². The van der Waals surface area contributed by atoms with Gasteiger partial charge in [0, 0.05) is 0 Å². The summed E-state index contributed by atoms with van der Waals surface area (Å²) in [6.45, 7) is 0. The maximum absolute atomic E-state index is 5.93. The SMILES string of the molecule is ClC(Cl)C(Cl)(Cl)C(Cl)(Cl)C(Cl)(Cl)C(Cl)(Cl)C(Cl)Cl. The second-order valence-corrected chi connectivity index (χ2v) is 10.6. The maximum Gasteiger partial charge on any atom is 0.189 e. The number of hydrogen-bond donors (Lipinski definition) is 0. The number of alkyl halides is 12. The summed E-state index contributed by atoms with van der Waals surface area (Å²) in [7, 11) is 0. The van der Waals surface area contributed by atoms with E-state index in [1.54, 1.807) is 0 Å². The zero-order valence-electron chi connectivity index (χ0n) is 7.69. The van der Waals surface area contributed by atoms with Gasteiger partial charge in [0.2, 0.25) is 0 Å². The molecule has 0 spiro atoms. The molecule has 0 nitrogen and oxygen atoms in total. The van der Waals surface area contributed by atoms with E-state index in [1.807, 2.05) is 0 Å². The normalized spacial score (nSPS) is 15.7. The highest BCUT2D eigenvalue weighted by atomic mass is 35.6. The van der Waals surface area contributed by atoms with E-state index in [0.717, 1.165) is 0 Å².